The van der Waals surface area contributed by atoms with Crippen LogP contribution in [0.5, 0.6) is 46.0 Å². The number of phenols is 2. The number of aryl methyl sites for hydroxylation is 1. The van der Waals surface area contributed by atoms with Crippen molar-refractivity contribution in [2.75, 3.05) is 13.2 Å². The first-order valence-corrected chi connectivity index (χ1v) is 24.5. The van der Waals surface area contributed by atoms with Crippen molar-refractivity contribution >= 4 is 56.8 Å². The number of hydrogen-bond donors (Lipinski definition) is 4. The Morgan fingerprint density at radius 3 is 1.28 bits per heavy atom. The van der Waals surface area contributed by atoms with Crippen LogP contribution in [0.3, 0.4) is 0 Å². The quantitative estimate of drug-likeness (QED) is 0.0733. The second kappa shape index (κ2) is 24.1. The van der Waals surface area contributed by atoms with E-state index in [1.165, 1.54) is 0 Å². The summed E-state index contributed by atoms with van der Waals surface area (Å²) in [7, 11) is 0. The Labute approximate surface area is 442 Å². The number of benzene rings is 8. The third-order valence-corrected chi connectivity index (χ3v) is 12.4. The molecule has 0 saturated heterocycles. The zero-order valence-electron chi connectivity index (χ0n) is 40.3. The molecule has 0 aliphatic rings. The number of aromatic hydroxyl groups is 2. The van der Waals surface area contributed by atoms with E-state index < -0.39 is 12.1 Å². The fourth-order valence-electron chi connectivity index (χ4n) is 8.15. The van der Waals surface area contributed by atoms with Crippen molar-refractivity contribution in [3.8, 4) is 46.0 Å². The van der Waals surface area contributed by atoms with Gasteiger partial charge in [-0.2, -0.15) is 0 Å². The molecule has 0 fully saturated rings. The maximum atomic E-state index is 13.0. The van der Waals surface area contributed by atoms with Crippen LogP contribution in [0, 0.1) is 6.92 Å². The van der Waals surface area contributed by atoms with E-state index in [0.717, 1.165) is 5.56 Å². The molecule has 8 aromatic carbocycles. The van der Waals surface area contributed by atoms with Crippen LogP contribution in [0.15, 0.2) is 213 Å². The van der Waals surface area contributed by atoms with Crippen LogP contribution >= 0.6 is 23.2 Å². The number of rotatable bonds is 16. The molecule has 2 aromatic heterocycles. The first kappa shape index (κ1) is 50.8. The summed E-state index contributed by atoms with van der Waals surface area (Å²) in [6.45, 7) is 1.59. The molecule has 0 aliphatic carbocycles. The molecular weight excluding hydrogens is 988 g/mol. The van der Waals surface area contributed by atoms with Gasteiger partial charge >= 0.3 is 0 Å². The Morgan fingerprint density at radius 2 is 0.853 bits per heavy atom. The van der Waals surface area contributed by atoms with E-state index in [1.54, 1.807) is 73.1 Å². The molecule has 2 amide bonds. The van der Waals surface area contributed by atoms with E-state index in [2.05, 4.69) is 20.6 Å². The van der Waals surface area contributed by atoms with Gasteiger partial charge in [-0.15, -0.1) is 0 Å². The van der Waals surface area contributed by atoms with Gasteiger partial charge in [-0.05, 0) is 127 Å². The Balaban J connectivity index is 0.000000184. The highest BCUT2D eigenvalue weighted by Crippen LogP contribution is 2.41. The predicted octanol–water partition coefficient (Wildman–Crippen LogP) is 13.6. The first-order valence-electron chi connectivity index (χ1n) is 23.7. The number of carbonyl (C=O) groups is 2. The monoisotopic (exact) mass is 1030 g/mol. The standard InChI is InChI=1S/C31H25ClN2O4.C30H23ClN2O4/c1-20-12-14-23(15-13-20)38-24-10-5-7-21(17-24)29(34-28(35)19-37-22-8-3-2-4-9-22)26-18-27(32)25-11-6-16-33-30(25)31(26)36;31-26-18-25(30(35)29-24(26)15-8-16-32-29)28(33-27(34)19-36-21-10-3-1-4-11-21)20-9-7-14-23(17-20)37-22-12-5-2-6-13-22/h2-18,29,36H,19H2,1H3,(H,34,35);1-18,28,35H,19H2,(H,33,34). The predicted molar refractivity (Wildman–Crippen MR) is 291 cm³/mol. The maximum Gasteiger partial charge on any atom is 0.258 e. The minimum Gasteiger partial charge on any atom is -0.505 e. The smallest absolute Gasteiger partial charge is 0.258 e. The van der Waals surface area contributed by atoms with Gasteiger partial charge in [-0.1, -0.05) is 120 Å². The number of ether oxygens (including phenoxy) is 4. The van der Waals surface area contributed by atoms with Crippen LogP contribution < -0.4 is 29.6 Å². The fraction of sp³-hybridized carbons (Fsp3) is 0.0820. The molecule has 0 aliphatic heterocycles. The van der Waals surface area contributed by atoms with Gasteiger partial charge in [0.1, 0.15) is 57.0 Å². The van der Waals surface area contributed by atoms with Gasteiger partial charge < -0.3 is 39.8 Å². The Morgan fingerprint density at radius 1 is 0.467 bits per heavy atom. The first-order chi connectivity index (χ1) is 36.6. The second-order valence-corrected chi connectivity index (χ2v) is 17.9. The largest absolute Gasteiger partial charge is 0.505 e. The van der Waals surface area contributed by atoms with Gasteiger partial charge in [-0.3, -0.25) is 19.6 Å². The summed E-state index contributed by atoms with van der Waals surface area (Å²) in [5.74, 6) is 2.79. The lowest BCUT2D eigenvalue weighted by Crippen LogP contribution is -2.33. The summed E-state index contributed by atoms with van der Waals surface area (Å²) in [6, 6.07) is 58.7. The number of para-hydroxylation sites is 3. The molecule has 75 heavy (non-hydrogen) atoms. The highest BCUT2D eigenvalue weighted by atomic mass is 35.5. The van der Waals surface area contributed by atoms with Crippen LogP contribution in [-0.2, 0) is 9.59 Å². The van der Waals surface area contributed by atoms with Crippen LogP contribution in [0.2, 0.25) is 10.0 Å². The van der Waals surface area contributed by atoms with Crippen molar-refractivity contribution in [2.45, 2.75) is 19.0 Å². The summed E-state index contributed by atoms with van der Waals surface area (Å²) in [5, 5.41) is 30.4. The lowest BCUT2D eigenvalue weighted by Gasteiger charge is -2.22. The highest BCUT2D eigenvalue weighted by Gasteiger charge is 2.26. The molecular formula is C61H48Cl2N4O8. The number of nitrogens with one attached hydrogen (secondary N) is 2. The fourth-order valence-corrected chi connectivity index (χ4v) is 8.69. The van der Waals surface area contributed by atoms with Crippen LogP contribution in [-0.4, -0.2) is 45.2 Å². The van der Waals surface area contributed by atoms with E-state index in [4.69, 9.17) is 42.1 Å². The molecule has 10 aromatic rings. The highest BCUT2D eigenvalue weighted by molar-refractivity contribution is 6.36. The van der Waals surface area contributed by atoms with Crippen molar-refractivity contribution in [1.82, 2.24) is 20.6 Å². The number of halogens is 2. The molecule has 12 nitrogen and oxygen atoms in total. The minimum absolute atomic E-state index is 0.0656. The van der Waals surface area contributed by atoms with Crippen LogP contribution in [0.4, 0.5) is 0 Å². The van der Waals surface area contributed by atoms with E-state index in [0.29, 0.717) is 88.6 Å². The van der Waals surface area contributed by atoms with E-state index in [-0.39, 0.29) is 36.5 Å². The molecule has 0 saturated carbocycles. The van der Waals surface area contributed by atoms with Gasteiger partial charge in [0, 0.05) is 34.3 Å². The second-order valence-electron chi connectivity index (χ2n) is 17.1. The third kappa shape index (κ3) is 12.9. The number of amides is 2. The molecule has 0 radical (unpaired) electrons. The number of phenolic OH excluding ortho intramolecular Hbond substituents is 2. The Bertz CT molecular complexity index is 3570. The van der Waals surface area contributed by atoms with Crippen molar-refractivity contribution < 1.29 is 38.7 Å². The van der Waals surface area contributed by atoms with Crippen molar-refractivity contribution in [3.63, 3.8) is 0 Å². The number of aromatic nitrogens is 2. The molecule has 2 heterocycles. The van der Waals surface area contributed by atoms with Gasteiger partial charge in [-0.25, -0.2) is 0 Å². The number of fused-ring (bicyclic) bond motifs is 2. The van der Waals surface area contributed by atoms with Gasteiger partial charge in [0.2, 0.25) is 0 Å². The number of pyridine rings is 2. The molecule has 4 N–H and O–H groups in total. The van der Waals surface area contributed by atoms with Crippen LogP contribution in [0.25, 0.3) is 21.8 Å². The minimum atomic E-state index is -0.757. The average Bonchev–Trinajstić information content (AvgIpc) is 3.45. The summed E-state index contributed by atoms with van der Waals surface area (Å²) >= 11 is 13.2. The molecule has 2 unspecified atom stereocenters. The number of hydrogen-bond acceptors (Lipinski definition) is 10. The topological polar surface area (TPSA) is 161 Å². The molecule has 0 bridgehead atoms. The summed E-state index contributed by atoms with van der Waals surface area (Å²) in [4.78, 5) is 34.7. The zero-order valence-corrected chi connectivity index (χ0v) is 41.8. The molecule has 374 valence electrons. The lowest BCUT2D eigenvalue weighted by molar-refractivity contribution is -0.124. The third-order valence-electron chi connectivity index (χ3n) is 11.8. The summed E-state index contributed by atoms with van der Waals surface area (Å²) in [6.07, 6.45) is 3.16. The van der Waals surface area contributed by atoms with Crippen LogP contribution in [0.1, 0.15) is 39.9 Å². The van der Waals surface area contributed by atoms with Crippen molar-refractivity contribution in [2.24, 2.45) is 0 Å². The molecule has 0 spiro atoms. The molecule has 2 atom stereocenters. The normalized spacial score (nSPS) is 11.6. The lowest BCUT2D eigenvalue weighted by atomic mass is 9.96. The van der Waals surface area contributed by atoms with E-state index in [1.807, 2.05) is 146 Å². The van der Waals surface area contributed by atoms with Gasteiger partial charge in [0.05, 0.1) is 22.1 Å². The van der Waals surface area contributed by atoms with Crippen molar-refractivity contribution in [1.29, 1.82) is 0 Å². The van der Waals surface area contributed by atoms with E-state index in [9.17, 15) is 19.8 Å². The SMILES string of the molecule is Cc1ccc(Oc2cccc(C(NC(=O)COc3ccccc3)c3cc(Cl)c4cccnc4c3O)c2)cc1.O=C(COc1ccccc1)NC(c1cccc(Oc2ccccc2)c1)c1cc(Cl)c2cccnc2c1O. The van der Waals surface area contributed by atoms with Gasteiger partial charge in [0.15, 0.2) is 13.2 Å². The van der Waals surface area contributed by atoms with Crippen molar-refractivity contribution in [3.05, 3.63) is 250 Å². The summed E-state index contributed by atoms with van der Waals surface area (Å²) in [5.41, 5.74) is 4.00. The van der Waals surface area contributed by atoms with E-state index >= 15 is 0 Å². The summed E-state index contributed by atoms with van der Waals surface area (Å²) < 4.78 is 23.3. The zero-order chi connectivity index (χ0) is 52.1. The molecule has 14 heteroatoms. The van der Waals surface area contributed by atoms with Gasteiger partial charge in [0.25, 0.3) is 11.8 Å². The Hall–Kier alpha value is -9.10. The number of nitrogens with zero attached hydrogens (tertiary/aromatic N) is 2. The molecule has 10 rings (SSSR count). The number of carbonyl (C=O) groups excluding carboxylic acids is 2. The average molecular weight is 1040 g/mol. The maximum absolute atomic E-state index is 13.0. The Kier molecular flexibility index (Phi) is 16.3.